The van der Waals surface area contributed by atoms with Crippen LogP contribution in [0.4, 0.5) is 9.59 Å². The summed E-state index contributed by atoms with van der Waals surface area (Å²) in [4.78, 5) is 47.0. The smallest absolute Gasteiger partial charge is 0.421 e. The molecule has 1 aliphatic carbocycles. The summed E-state index contributed by atoms with van der Waals surface area (Å²) in [7, 11) is -4.13. The van der Waals surface area contributed by atoms with E-state index in [2.05, 4.69) is 29.2 Å². The largest absolute Gasteiger partial charge is 0.480 e. The first-order valence-corrected chi connectivity index (χ1v) is 14.8. The van der Waals surface area contributed by atoms with Crippen LogP contribution < -0.4 is 20.1 Å². The zero-order chi connectivity index (χ0) is 29.6. The van der Waals surface area contributed by atoms with E-state index in [1.54, 1.807) is 18.6 Å². The third kappa shape index (κ3) is 13.3. The zero-order valence-electron chi connectivity index (χ0n) is 23.4. The number of aliphatic carboxylic acids is 1. The molecule has 0 saturated heterocycles. The van der Waals surface area contributed by atoms with Crippen LogP contribution in [0.5, 0.6) is 0 Å². The molecule has 0 aliphatic heterocycles. The highest BCUT2D eigenvalue weighted by atomic mass is 32.2. The van der Waals surface area contributed by atoms with Crippen LogP contribution in [0.3, 0.4) is 0 Å². The van der Waals surface area contributed by atoms with Crippen LogP contribution in [0.1, 0.15) is 60.3 Å². The van der Waals surface area contributed by atoms with Gasteiger partial charge < -0.3 is 30.0 Å². The lowest BCUT2D eigenvalue weighted by molar-refractivity contribution is -0.141. The van der Waals surface area contributed by atoms with Gasteiger partial charge in [-0.15, -0.1) is 0 Å². The summed E-state index contributed by atoms with van der Waals surface area (Å²) in [5, 5.41) is 13.6. The summed E-state index contributed by atoms with van der Waals surface area (Å²) in [6, 6.07) is -2.13. The number of ether oxygens (including phenoxy) is 3. The van der Waals surface area contributed by atoms with E-state index in [-0.39, 0.29) is 44.8 Å². The van der Waals surface area contributed by atoms with Crippen LogP contribution in [-0.2, 0) is 34.0 Å². The van der Waals surface area contributed by atoms with Crippen molar-refractivity contribution in [2.24, 2.45) is 23.7 Å². The summed E-state index contributed by atoms with van der Waals surface area (Å²) in [5.74, 6) is -0.886. The number of carbonyl (C=O) groups excluding carboxylic acids is 3. The van der Waals surface area contributed by atoms with E-state index < -0.39 is 46.4 Å². The monoisotopic (exact) mass is 580 g/mol. The molecule has 15 heteroatoms. The number of amides is 3. The third-order valence-corrected chi connectivity index (χ3v) is 7.35. The predicted octanol–water partition coefficient (Wildman–Crippen LogP) is 1.37. The maximum Gasteiger partial charge on any atom is 0.421 e. The van der Waals surface area contributed by atoms with Gasteiger partial charge in [-0.05, 0) is 30.6 Å². The van der Waals surface area contributed by atoms with Gasteiger partial charge in [-0.25, -0.2) is 14.3 Å². The lowest BCUT2D eigenvalue weighted by Gasteiger charge is -2.22. The predicted molar refractivity (Wildman–Crippen MR) is 141 cm³/mol. The maximum atomic E-state index is 12.2. The summed E-state index contributed by atoms with van der Waals surface area (Å²) in [5.41, 5.74) is 0. The van der Waals surface area contributed by atoms with Crippen LogP contribution in [0.25, 0.3) is 0 Å². The molecule has 1 unspecified atom stereocenters. The molecule has 1 rings (SSSR count). The van der Waals surface area contributed by atoms with Gasteiger partial charge in [0.15, 0.2) is 0 Å². The number of hydrogen-bond acceptors (Lipinski definition) is 9. The third-order valence-electron chi connectivity index (χ3n) is 6.33. The second-order valence-electron chi connectivity index (χ2n) is 9.85. The number of carboxylic acids is 1. The average Bonchev–Trinajstić information content (AvgIpc) is 3.50. The van der Waals surface area contributed by atoms with E-state index in [9.17, 15) is 27.6 Å². The highest BCUT2D eigenvalue weighted by Crippen LogP contribution is 2.51. The fourth-order valence-electron chi connectivity index (χ4n) is 4.25. The SMILES string of the molecule is CCC[C@@H]1C(COC(=O)NS(=O)(=O)NCCOCCOC(=O)N[C@H](C(=O)N[C@@H](C)C(=O)O)C(C)C)[C@@H]1CCC. The van der Waals surface area contributed by atoms with Gasteiger partial charge in [-0.2, -0.15) is 13.1 Å². The molecule has 3 amide bonds. The first-order valence-electron chi connectivity index (χ1n) is 13.3. The van der Waals surface area contributed by atoms with Crippen molar-refractivity contribution in [2.45, 2.75) is 72.4 Å². The van der Waals surface area contributed by atoms with Crippen LogP contribution >= 0.6 is 0 Å². The van der Waals surface area contributed by atoms with E-state index in [1.165, 1.54) is 6.92 Å². The van der Waals surface area contributed by atoms with Crippen molar-refractivity contribution in [2.75, 3.05) is 33.0 Å². The minimum Gasteiger partial charge on any atom is -0.480 e. The number of alkyl carbamates (subject to hydrolysis) is 1. The van der Waals surface area contributed by atoms with Gasteiger partial charge in [0.1, 0.15) is 18.7 Å². The fraction of sp³-hybridized carbons (Fsp3) is 0.833. The van der Waals surface area contributed by atoms with Crippen LogP contribution in [0.15, 0.2) is 0 Å². The summed E-state index contributed by atoms with van der Waals surface area (Å²) in [6.45, 7) is 8.61. The topological polar surface area (TPSA) is 198 Å². The Morgan fingerprint density at radius 1 is 0.846 bits per heavy atom. The lowest BCUT2D eigenvalue weighted by atomic mass is 10.0. The first-order chi connectivity index (χ1) is 18.3. The van der Waals surface area contributed by atoms with E-state index in [0.717, 1.165) is 25.7 Å². The quantitative estimate of drug-likeness (QED) is 0.139. The minimum atomic E-state index is -4.13. The highest BCUT2D eigenvalue weighted by Gasteiger charge is 2.48. The molecule has 0 aromatic heterocycles. The Bertz CT molecular complexity index is 903. The van der Waals surface area contributed by atoms with Gasteiger partial charge in [0.2, 0.25) is 5.91 Å². The van der Waals surface area contributed by atoms with Crippen molar-refractivity contribution in [3.05, 3.63) is 0 Å². The van der Waals surface area contributed by atoms with Crippen molar-refractivity contribution in [1.29, 1.82) is 0 Å². The summed E-state index contributed by atoms with van der Waals surface area (Å²) in [6.07, 6.45) is 2.32. The standard InChI is InChI=1S/C24H44N4O10S/c1-6-8-17-18(9-7-2)19(17)14-38-24(33)28-39(34,35)25-10-11-36-12-13-37-23(32)27-20(15(3)4)21(29)26-16(5)22(30)31/h15-20,25H,6-14H2,1-5H3,(H,26,29)(H,27,32)(H,28,33)(H,30,31)/t16-,17-,18+,19?,20-/m0/s1. The Kier molecular flexibility index (Phi) is 15.1. The second kappa shape index (κ2) is 17.1. The molecule has 0 bridgehead atoms. The Balaban J connectivity index is 2.23. The molecule has 5 N–H and O–H groups in total. The van der Waals surface area contributed by atoms with E-state index in [0.29, 0.717) is 11.8 Å². The van der Waals surface area contributed by atoms with E-state index >= 15 is 0 Å². The molecule has 14 nitrogen and oxygen atoms in total. The number of nitrogens with one attached hydrogen (secondary N) is 4. The zero-order valence-corrected chi connectivity index (χ0v) is 24.2. The summed E-state index contributed by atoms with van der Waals surface area (Å²) < 4.78 is 43.2. The fourth-order valence-corrected chi connectivity index (χ4v) is 4.96. The molecule has 226 valence electrons. The number of carbonyl (C=O) groups is 4. The van der Waals surface area contributed by atoms with Crippen LogP contribution in [0.2, 0.25) is 0 Å². The minimum absolute atomic E-state index is 0.0571. The van der Waals surface area contributed by atoms with Gasteiger partial charge in [-0.3, -0.25) is 9.59 Å². The van der Waals surface area contributed by atoms with Crippen molar-refractivity contribution < 1.29 is 46.9 Å². The highest BCUT2D eigenvalue weighted by molar-refractivity contribution is 7.88. The summed E-state index contributed by atoms with van der Waals surface area (Å²) >= 11 is 0. The molecule has 39 heavy (non-hydrogen) atoms. The molecule has 0 aromatic rings. The molecule has 0 aromatic carbocycles. The molecule has 1 aliphatic rings. The molecule has 0 radical (unpaired) electrons. The van der Waals surface area contributed by atoms with Crippen molar-refractivity contribution in [3.8, 4) is 0 Å². The molecule has 1 saturated carbocycles. The molecule has 0 spiro atoms. The Labute approximate surface area is 230 Å². The average molecular weight is 581 g/mol. The Morgan fingerprint density at radius 2 is 1.46 bits per heavy atom. The van der Waals surface area contributed by atoms with Gasteiger partial charge in [-0.1, -0.05) is 53.4 Å². The van der Waals surface area contributed by atoms with Gasteiger partial charge >= 0.3 is 28.4 Å². The molecule has 5 atom stereocenters. The molecular weight excluding hydrogens is 536 g/mol. The van der Waals surface area contributed by atoms with Crippen molar-refractivity contribution in [1.82, 2.24) is 20.1 Å². The van der Waals surface area contributed by atoms with Crippen LogP contribution in [-0.4, -0.2) is 82.6 Å². The van der Waals surface area contributed by atoms with Crippen molar-refractivity contribution >= 4 is 34.3 Å². The maximum absolute atomic E-state index is 12.2. The van der Waals surface area contributed by atoms with E-state index in [4.69, 9.17) is 19.3 Å². The molecule has 1 fully saturated rings. The molecular formula is C24H44N4O10S. The van der Waals surface area contributed by atoms with Crippen LogP contribution in [0, 0.1) is 23.7 Å². The van der Waals surface area contributed by atoms with Gasteiger partial charge in [0.05, 0.1) is 19.8 Å². The number of hydrogen-bond donors (Lipinski definition) is 5. The second-order valence-corrected chi connectivity index (χ2v) is 11.3. The van der Waals surface area contributed by atoms with E-state index in [1.807, 2.05) is 0 Å². The number of carboxylic acid groups (broad SMARTS) is 1. The molecule has 0 heterocycles. The Hall–Kier alpha value is -2.65. The van der Waals surface area contributed by atoms with Crippen molar-refractivity contribution in [3.63, 3.8) is 0 Å². The number of rotatable bonds is 19. The van der Waals surface area contributed by atoms with Gasteiger partial charge in [0, 0.05) is 6.54 Å². The first kappa shape index (κ1) is 34.4. The lowest BCUT2D eigenvalue weighted by Crippen LogP contribution is -2.53. The normalized spacial score (nSPS) is 20.0. The van der Waals surface area contributed by atoms with Gasteiger partial charge in [0.25, 0.3) is 0 Å². The Morgan fingerprint density at radius 3 is 2.00 bits per heavy atom.